The zero-order valence-corrected chi connectivity index (χ0v) is 26.9. The zero-order valence-electron chi connectivity index (χ0n) is 26.0. The number of hydrogen-bond donors (Lipinski definition) is 0. The molecule has 1 aliphatic heterocycles. The molecule has 1 aromatic carbocycles. The van der Waals surface area contributed by atoms with Crippen LogP contribution < -0.4 is 4.31 Å². The van der Waals surface area contributed by atoms with E-state index in [4.69, 9.17) is 14.2 Å². The molecule has 3 atom stereocenters. The Morgan fingerprint density at radius 1 is 1.14 bits per heavy atom. The SMILES string of the molecule is CC(C)CC(C)OC(=O)CC1C[C@@H](C=Cc2c(-c3ccc(F)cc3)nc(N(C)S(C)(=O)=O)nc2C(C)C)OC(C)(C)O1. The highest BCUT2D eigenvalue weighted by Gasteiger charge is 2.36. The van der Waals surface area contributed by atoms with Crippen LogP contribution in [0.4, 0.5) is 10.3 Å². The quantitative estimate of drug-likeness (QED) is 0.283. The van der Waals surface area contributed by atoms with Gasteiger partial charge in [-0.15, -0.1) is 0 Å². The van der Waals surface area contributed by atoms with E-state index in [1.54, 1.807) is 26.0 Å². The van der Waals surface area contributed by atoms with E-state index >= 15 is 0 Å². The number of carbonyl (C=O) groups is 1. The van der Waals surface area contributed by atoms with Crippen LogP contribution in [-0.4, -0.2) is 61.8 Å². The van der Waals surface area contributed by atoms with Gasteiger partial charge < -0.3 is 14.2 Å². The first-order valence-electron chi connectivity index (χ1n) is 14.3. The van der Waals surface area contributed by atoms with Crippen molar-refractivity contribution < 1.29 is 31.8 Å². The minimum atomic E-state index is -3.63. The molecular formula is C31H44FN3O6S. The number of benzene rings is 1. The van der Waals surface area contributed by atoms with Crippen LogP contribution >= 0.6 is 0 Å². The van der Waals surface area contributed by atoms with Gasteiger partial charge in [0.05, 0.1) is 42.4 Å². The minimum Gasteiger partial charge on any atom is -0.463 e. The van der Waals surface area contributed by atoms with Crippen LogP contribution in [0.25, 0.3) is 17.3 Å². The first-order chi connectivity index (χ1) is 19.4. The van der Waals surface area contributed by atoms with Crippen molar-refractivity contribution in [2.75, 3.05) is 17.6 Å². The molecule has 2 heterocycles. The standard InChI is InChI=1S/C31H44FN3O6S/c1-19(2)16-21(5)39-27(36)18-25-17-24(40-31(6,7)41-25)14-15-26-28(20(3)4)33-30(35(8)42(9,37)38)34-29(26)22-10-12-23(32)13-11-22/h10-15,19-21,24-25H,16-18H2,1-9H3/t21?,24-,25?/m1/s1. The van der Waals surface area contributed by atoms with Crippen LogP contribution in [0.1, 0.15) is 84.9 Å². The third kappa shape index (κ3) is 9.31. The van der Waals surface area contributed by atoms with E-state index in [2.05, 4.69) is 23.8 Å². The Morgan fingerprint density at radius 3 is 2.36 bits per heavy atom. The number of nitrogens with zero attached hydrogens (tertiary/aromatic N) is 3. The van der Waals surface area contributed by atoms with E-state index in [-0.39, 0.29) is 30.4 Å². The maximum absolute atomic E-state index is 13.8. The molecule has 11 heteroatoms. The van der Waals surface area contributed by atoms with E-state index in [0.717, 1.165) is 17.0 Å². The normalized spacial score (nSPS) is 19.8. The summed E-state index contributed by atoms with van der Waals surface area (Å²) >= 11 is 0. The van der Waals surface area contributed by atoms with Gasteiger partial charge in [0.15, 0.2) is 5.79 Å². The number of halogens is 1. The average molecular weight is 606 g/mol. The maximum Gasteiger partial charge on any atom is 0.308 e. The van der Waals surface area contributed by atoms with E-state index < -0.39 is 33.8 Å². The zero-order chi connectivity index (χ0) is 31.4. The maximum atomic E-state index is 13.8. The van der Waals surface area contributed by atoms with Crippen molar-refractivity contribution in [2.45, 2.75) is 97.7 Å². The number of aromatic nitrogens is 2. The van der Waals surface area contributed by atoms with Crippen LogP contribution in [-0.2, 0) is 29.0 Å². The van der Waals surface area contributed by atoms with E-state index in [1.807, 2.05) is 32.9 Å². The van der Waals surface area contributed by atoms with Crippen molar-refractivity contribution in [3.63, 3.8) is 0 Å². The number of sulfonamides is 1. The molecule has 0 bridgehead atoms. The first kappa shape index (κ1) is 33.6. The van der Waals surface area contributed by atoms with Gasteiger partial charge in [0, 0.05) is 24.6 Å². The van der Waals surface area contributed by atoms with Crippen LogP contribution in [0, 0.1) is 11.7 Å². The van der Waals surface area contributed by atoms with Gasteiger partial charge in [-0.05, 0) is 63.3 Å². The fourth-order valence-corrected chi connectivity index (χ4v) is 5.34. The van der Waals surface area contributed by atoms with Gasteiger partial charge in [0.2, 0.25) is 16.0 Å². The number of carbonyl (C=O) groups excluding carboxylic acids is 1. The third-order valence-corrected chi connectivity index (χ3v) is 7.95. The second kappa shape index (κ2) is 13.6. The van der Waals surface area contributed by atoms with Gasteiger partial charge in [0.25, 0.3) is 0 Å². The van der Waals surface area contributed by atoms with Crippen molar-refractivity contribution in [1.29, 1.82) is 0 Å². The van der Waals surface area contributed by atoms with Gasteiger partial charge >= 0.3 is 5.97 Å². The topological polar surface area (TPSA) is 108 Å². The highest BCUT2D eigenvalue weighted by molar-refractivity contribution is 7.92. The summed E-state index contributed by atoms with van der Waals surface area (Å²) in [5.41, 5.74) is 2.35. The van der Waals surface area contributed by atoms with Crippen molar-refractivity contribution >= 4 is 28.0 Å². The summed E-state index contributed by atoms with van der Waals surface area (Å²) in [5, 5.41) is 0. The lowest BCUT2D eigenvalue weighted by molar-refractivity contribution is -0.290. The Bertz CT molecular complexity index is 1380. The summed E-state index contributed by atoms with van der Waals surface area (Å²) in [7, 11) is -2.24. The molecular weight excluding hydrogens is 561 g/mol. The highest BCUT2D eigenvalue weighted by Crippen LogP contribution is 2.34. The molecule has 1 aromatic heterocycles. The molecule has 1 aliphatic rings. The summed E-state index contributed by atoms with van der Waals surface area (Å²) in [5.74, 6) is -1.31. The van der Waals surface area contributed by atoms with Gasteiger partial charge in [0.1, 0.15) is 5.82 Å². The van der Waals surface area contributed by atoms with Crippen molar-refractivity contribution in [2.24, 2.45) is 5.92 Å². The van der Waals surface area contributed by atoms with Crippen LogP contribution in [0.15, 0.2) is 30.3 Å². The van der Waals surface area contributed by atoms with Gasteiger partial charge in [-0.1, -0.05) is 39.8 Å². The van der Waals surface area contributed by atoms with Crippen molar-refractivity contribution in [3.05, 3.63) is 47.4 Å². The minimum absolute atomic E-state index is 0.0198. The Hall–Kier alpha value is -2.89. The predicted octanol–water partition coefficient (Wildman–Crippen LogP) is 6.09. The molecule has 2 unspecified atom stereocenters. The summed E-state index contributed by atoms with van der Waals surface area (Å²) < 4.78 is 57.3. The molecule has 3 rings (SSSR count). The number of rotatable bonds is 11. The van der Waals surface area contributed by atoms with E-state index in [9.17, 15) is 17.6 Å². The number of ether oxygens (including phenoxy) is 3. The van der Waals surface area contributed by atoms with Gasteiger partial charge in [-0.3, -0.25) is 4.79 Å². The molecule has 0 aliphatic carbocycles. The molecule has 9 nitrogen and oxygen atoms in total. The van der Waals surface area contributed by atoms with E-state index in [0.29, 0.717) is 34.9 Å². The summed E-state index contributed by atoms with van der Waals surface area (Å²) in [6, 6.07) is 5.85. The molecule has 0 N–H and O–H groups in total. The van der Waals surface area contributed by atoms with Crippen molar-refractivity contribution in [1.82, 2.24) is 9.97 Å². The predicted molar refractivity (Wildman–Crippen MR) is 162 cm³/mol. The molecule has 0 radical (unpaired) electrons. The number of esters is 1. The average Bonchev–Trinajstić information content (AvgIpc) is 2.84. The molecule has 232 valence electrons. The van der Waals surface area contributed by atoms with Crippen LogP contribution in [0.3, 0.4) is 0 Å². The fourth-order valence-electron chi connectivity index (χ4n) is 4.96. The monoisotopic (exact) mass is 605 g/mol. The van der Waals surface area contributed by atoms with Crippen LogP contribution in [0.5, 0.6) is 0 Å². The molecule has 2 aromatic rings. The molecule has 0 amide bonds. The largest absolute Gasteiger partial charge is 0.463 e. The molecule has 0 saturated carbocycles. The van der Waals surface area contributed by atoms with Crippen LogP contribution in [0.2, 0.25) is 0 Å². The molecule has 1 fully saturated rings. The second-order valence-corrected chi connectivity index (χ2v) is 14.1. The third-order valence-electron chi connectivity index (χ3n) is 6.80. The number of anilines is 1. The lowest BCUT2D eigenvalue weighted by Crippen LogP contribution is -2.44. The number of hydrogen-bond acceptors (Lipinski definition) is 8. The Balaban J connectivity index is 1.97. The lowest BCUT2D eigenvalue weighted by Gasteiger charge is -2.39. The Labute approximate surface area is 249 Å². The first-order valence-corrected chi connectivity index (χ1v) is 16.1. The Morgan fingerprint density at radius 2 is 1.79 bits per heavy atom. The molecule has 0 spiro atoms. The fraction of sp³-hybridized carbons (Fsp3) is 0.581. The summed E-state index contributed by atoms with van der Waals surface area (Å²) in [4.78, 5) is 21.9. The van der Waals surface area contributed by atoms with Gasteiger partial charge in [-0.25, -0.2) is 27.1 Å². The lowest BCUT2D eigenvalue weighted by atomic mass is 9.97. The van der Waals surface area contributed by atoms with E-state index in [1.165, 1.54) is 19.2 Å². The smallest absolute Gasteiger partial charge is 0.308 e. The second-order valence-electron chi connectivity index (χ2n) is 12.1. The summed E-state index contributed by atoms with van der Waals surface area (Å²) in [6.07, 6.45) is 5.13. The Kier molecular flexibility index (Phi) is 10.9. The van der Waals surface area contributed by atoms with Crippen molar-refractivity contribution in [3.8, 4) is 11.3 Å². The molecule has 42 heavy (non-hydrogen) atoms. The highest BCUT2D eigenvalue weighted by atomic mass is 32.2. The summed E-state index contributed by atoms with van der Waals surface area (Å²) in [6.45, 7) is 13.6. The van der Waals surface area contributed by atoms with Gasteiger partial charge in [-0.2, -0.15) is 0 Å². The molecule has 1 saturated heterocycles.